The summed E-state index contributed by atoms with van der Waals surface area (Å²) >= 11 is 7.32. The van der Waals surface area contributed by atoms with Gasteiger partial charge in [-0.1, -0.05) is 16.8 Å². The van der Waals surface area contributed by atoms with Gasteiger partial charge in [0.2, 0.25) is 11.7 Å². The molecule has 0 saturated carbocycles. The second kappa shape index (κ2) is 8.74. The number of rotatable bonds is 7. The van der Waals surface area contributed by atoms with Gasteiger partial charge < -0.3 is 14.6 Å². The molecule has 0 unspecified atom stereocenters. The van der Waals surface area contributed by atoms with Crippen molar-refractivity contribution >= 4 is 40.5 Å². The number of hydrogen-bond donors (Lipinski definition) is 1. The second-order valence-electron chi connectivity index (χ2n) is 5.36. The van der Waals surface area contributed by atoms with E-state index in [4.69, 9.17) is 20.9 Å². The lowest BCUT2D eigenvalue weighted by molar-refractivity contribution is -0.147. The SMILES string of the molecule is O=C(COC(=O)CCc1nc(-c2ccsc2)no1)Nc1ccc(F)cc1Cl. The van der Waals surface area contributed by atoms with Crippen molar-refractivity contribution in [3.63, 3.8) is 0 Å². The number of ether oxygens (including phenoxy) is 1. The van der Waals surface area contributed by atoms with Crippen LogP contribution in [-0.2, 0) is 20.7 Å². The van der Waals surface area contributed by atoms with Crippen LogP contribution in [0, 0.1) is 5.82 Å². The van der Waals surface area contributed by atoms with Crippen LogP contribution in [0.3, 0.4) is 0 Å². The summed E-state index contributed by atoms with van der Waals surface area (Å²) in [5, 5.41) is 10.1. The molecule has 0 bridgehead atoms. The third kappa shape index (κ3) is 5.35. The summed E-state index contributed by atoms with van der Waals surface area (Å²) in [6, 6.07) is 5.40. The first-order chi connectivity index (χ1) is 13.0. The quantitative estimate of drug-likeness (QED) is 0.598. The van der Waals surface area contributed by atoms with Gasteiger partial charge >= 0.3 is 5.97 Å². The number of carbonyl (C=O) groups is 2. The lowest BCUT2D eigenvalue weighted by Crippen LogP contribution is -2.21. The van der Waals surface area contributed by atoms with Crippen LogP contribution in [0.5, 0.6) is 0 Å². The van der Waals surface area contributed by atoms with E-state index in [0.717, 1.165) is 17.7 Å². The molecule has 27 heavy (non-hydrogen) atoms. The fourth-order valence-electron chi connectivity index (χ4n) is 2.07. The number of amides is 1. The van der Waals surface area contributed by atoms with Crippen molar-refractivity contribution in [2.75, 3.05) is 11.9 Å². The minimum atomic E-state index is -0.592. The maximum atomic E-state index is 13.0. The van der Waals surface area contributed by atoms with Crippen molar-refractivity contribution in [2.45, 2.75) is 12.8 Å². The third-order valence-electron chi connectivity index (χ3n) is 3.36. The Bertz CT molecular complexity index is 946. The second-order valence-corrected chi connectivity index (χ2v) is 6.54. The zero-order valence-electron chi connectivity index (χ0n) is 13.8. The number of anilines is 1. The summed E-state index contributed by atoms with van der Waals surface area (Å²) < 4.78 is 22.9. The Hall–Kier alpha value is -2.78. The van der Waals surface area contributed by atoms with E-state index in [1.807, 2.05) is 16.8 Å². The molecule has 0 spiro atoms. The van der Waals surface area contributed by atoms with Crippen molar-refractivity contribution < 1.29 is 23.2 Å². The molecule has 0 aliphatic rings. The number of nitrogens with zero attached hydrogens (tertiary/aromatic N) is 2. The Morgan fingerprint density at radius 2 is 2.19 bits per heavy atom. The Morgan fingerprint density at radius 3 is 2.93 bits per heavy atom. The Morgan fingerprint density at radius 1 is 1.33 bits per heavy atom. The van der Waals surface area contributed by atoms with Crippen LogP contribution in [0.25, 0.3) is 11.4 Å². The van der Waals surface area contributed by atoms with Gasteiger partial charge in [0.15, 0.2) is 6.61 Å². The highest BCUT2D eigenvalue weighted by atomic mass is 35.5. The molecule has 2 heterocycles. The minimum absolute atomic E-state index is 0.0180. The number of carbonyl (C=O) groups excluding carboxylic acids is 2. The fraction of sp³-hybridized carbons (Fsp3) is 0.176. The molecule has 0 saturated heterocycles. The van der Waals surface area contributed by atoms with E-state index in [-0.39, 0.29) is 23.6 Å². The van der Waals surface area contributed by atoms with Crippen LogP contribution < -0.4 is 5.32 Å². The highest BCUT2D eigenvalue weighted by Gasteiger charge is 2.13. The molecule has 2 aromatic heterocycles. The van der Waals surface area contributed by atoms with Gasteiger partial charge in [0.1, 0.15) is 5.82 Å². The molecule has 1 aromatic carbocycles. The molecule has 0 aliphatic heterocycles. The van der Waals surface area contributed by atoms with Crippen molar-refractivity contribution in [2.24, 2.45) is 0 Å². The molecule has 0 radical (unpaired) electrons. The molecule has 3 rings (SSSR count). The van der Waals surface area contributed by atoms with E-state index in [2.05, 4.69) is 15.5 Å². The van der Waals surface area contributed by atoms with E-state index in [1.54, 1.807) is 0 Å². The van der Waals surface area contributed by atoms with Crippen molar-refractivity contribution in [1.29, 1.82) is 0 Å². The molecule has 0 fully saturated rings. The summed E-state index contributed by atoms with van der Waals surface area (Å²) in [7, 11) is 0. The smallest absolute Gasteiger partial charge is 0.306 e. The van der Waals surface area contributed by atoms with Crippen LogP contribution in [0.1, 0.15) is 12.3 Å². The number of benzene rings is 1. The summed E-state index contributed by atoms with van der Waals surface area (Å²) in [5.41, 5.74) is 1.07. The standard InChI is InChI=1S/C17H13ClFN3O4S/c18-12-7-11(19)1-2-13(12)20-14(23)8-25-16(24)4-3-15-21-17(22-26-15)10-5-6-27-9-10/h1-2,5-7,9H,3-4,8H2,(H,20,23). The normalized spacial score (nSPS) is 10.6. The van der Waals surface area contributed by atoms with Crippen LogP contribution in [0.15, 0.2) is 39.5 Å². The highest BCUT2D eigenvalue weighted by molar-refractivity contribution is 7.08. The predicted octanol–water partition coefficient (Wildman–Crippen LogP) is 3.71. The maximum Gasteiger partial charge on any atom is 0.306 e. The predicted molar refractivity (Wildman–Crippen MR) is 96.9 cm³/mol. The first-order valence-electron chi connectivity index (χ1n) is 7.77. The van der Waals surface area contributed by atoms with Gasteiger partial charge in [-0.05, 0) is 29.6 Å². The Balaban J connectivity index is 1.42. The first-order valence-corrected chi connectivity index (χ1v) is 9.09. The lowest BCUT2D eigenvalue weighted by Gasteiger charge is -2.07. The lowest BCUT2D eigenvalue weighted by atomic mass is 10.3. The molecule has 0 aliphatic carbocycles. The molecule has 1 amide bonds. The number of aromatic nitrogens is 2. The van der Waals surface area contributed by atoms with Gasteiger partial charge in [0.25, 0.3) is 5.91 Å². The van der Waals surface area contributed by atoms with E-state index in [1.165, 1.54) is 17.4 Å². The topological polar surface area (TPSA) is 94.3 Å². The Kier molecular flexibility index (Phi) is 6.15. The number of halogens is 2. The Labute approximate surface area is 162 Å². The van der Waals surface area contributed by atoms with Crippen LogP contribution in [0.4, 0.5) is 10.1 Å². The molecule has 10 heteroatoms. The summed E-state index contributed by atoms with van der Waals surface area (Å²) in [4.78, 5) is 27.7. The molecule has 140 valence electrons. The number of aryl methyl sites for hydroxylation is 1. The number of thiophene rings is 1. The van der Waals surface area contributed by atoms with Crippen LogP contribution in [0.2, 0.25) is 5.02 Å². The molecule has 0 atom stereocenters. The van der Waals surface area contributed by atoms with Gasteiger partial charge in [-0.15, -0.1) is 0 Å². The van der Waals surface area contributed by atoms with E-state index >= 15 is 0 Å². The van der Waals surface area contributed by atoms with Gasteiger partial charge in [-0.25, -0.2) is 4.39 Å². The number of nitrogens with one attached hydrogen (secondary N) is 1. The van der Waals surface area contributed by atoms with Gasteiger partial charge in [0, 0.05) is 17.4 Å². The van der Waals surface area contributed by atoms with Crippen molar-refractivity contribution in [3.05, 3.63) is 51.8 Å². The fourth-order valence-corrected chi connectivity index (χ4v) is 2.92. The van der Waals surface area contributed by atoms with Gasteiger partial charge in [0.05, 0.1) is 17.1 Å². The zero-order valence-corrected chi connectivity index (χ0v) is 15.3. The average Bonchev–Trinajstić information content (AvgIpc) is 3.32. The number of hydrogen-bond acceptors (Lipinski definition) is 7. The molecular weight excluding hydrogens is 397 g/mol. The van der Waals surface area contributed by atoms with Gasteiger partial charge in [-0.3, -0.25) is 9.59 Å². The zero-order chi connectivity index (χ0) is 19.2. The molecule has 7 nitrogen and oxygen atoms in total. The van der Waals surface area contributed by atoms with Crippen LogP contribution >= 0.6 is 22.9 Å². The monoisotopic (exact) mass is 409 g/mol. The van der Waals surface area contributed by atoms with E-state index in [0.29, 0.717) is 11.7 Å². The first kappa shape index (κ1) is 19.0. The third-order valence-corrected chi connectivity index (χ3v) is 4.36. The molecular formula is C17H13ClFN3O4S. The molecule has 1 N–H and O–H groups in total. The van der Waals surface area contributed by atoms with Crippen molar-refractivity contribution in [1.82, 2.24) is 10.1 Å². The number of esters is 1. The highest BCUT2D eigenvalue weighted by Crippen LogP contribution is 2.22. The van der Waals surface area contributed by atoms with Crippen LogP contribution in [-0.4, -0.2) is 28.6 Å². The van der Waals surface area contributed by atoms with E-state index in [9.17, 15) is 14.0 Å². The summed E-state index contributed by atoms with van der Waals surface area (Å²) in [5.74, 6) is -0.946. The summed E-state index contributed by atoms with van der Waals surface area (Å²) in [6.07, 6.45) is 0.178. The largest absolute Gasteiger partial charge is 0.456 e. The summed E-state index contributed by atoms with van der Waals surface area (Å²) in [6.45, 7) is -0.490. The van der Waals surface area contributed by atoms with Crippen molar-refractivity contribution in [3.8, 4) is 11.4 Å². The minimum Gasteiger partial charge on any atom is -0.456 e. The average molecular weight is 410 g/mol. The molecule has 3 aromatic rings. The van der Waals surface area contributed by atoms with Gasteiger partial charge in [-0.2, -0.15) is 16.3 Å². The maximum absolute atomic E-state index is 13.0. The van der Waals surface area contributed by atoms with E-state index < -0.39 is 24.3 Å².